The Kier molecular flexibility index (Phi) is 5.82. The van der Waals surface area contributed by atoms with Crippen LogP contribution in [0.15, 0.2) is 24.3 Å². The fourth-order valence-electron chi connectivity index (χ4n) is 2.01. The Morgan fingerprint density at radius 3 is 2.32 bits per heavy atom. The third kappa shape index (κ3) is 5.22. The lowest BCUT2D eigenvalue weighted by atomic mass is 9.85. The molecule has 1 aromatic carbocycles. The molecule has 2 amide bonds. The van der Waals surface area contributed by atoms with Crippen molar-refractivity contribution in [3.05, 3.63) is 29.8 Å². The smallest absolute Gasteiger partial charge is 0.396 e. The predicted octanol–water partition coefficient (Wildman–Crippen LogP) is 3.62. The molecule has 0 bridgehead atoms. The molecule has 1 aromatic rings. The highest BCUT2D eigenvalue weighted by molar-refractivity contribution is 5.90. The molecule has 3 N–H and O–H groups in total. The Bertz CT molecular complexity index is 510. The first-order valence-corrected chi connectivity index (χ1v) is 6.90. The fourth-order valence-corrected chi connectivity index (χ4v) is 2.01. The van der Waals surface area contributed by atoms with Crippen molar-refractivity contribution in [3.63, 3.8) is 0 Å². The van der Waals surface area contributed by atoms with Crippen LogP contribution < -0.4 is 10.6 Å². The lowest BCUT2D eigenvalue weighted by Gasteiger charge is -2.31. The summed E-state index contributed by atoms with van der Waals surface area (Å²) in [6, 6.07) is 3.68. The lowest BCUT2D eigenvalue weighted by Crippen LogP contribution is -2.46. The molecule has 1 rings (SSSR count). The van der Waals surface area contributed by atoms with Crippen molar-refractivity contribution in [2.45, 2.75) is 39.4 Å². The van der Waals surface area contributed by atoms with Crippen molar-refractivity contribution < 1.29 is 23.1 Å². The van der Waals surface area contributed by atoms with Gasteiger partial charge in [-0.3, -0.25) is 0 Å². The Balaban J connectivity index is 2.85. The van der Waals surface area contributed by atoms with Crippen LogP contribution in [0.5, 0.6) is 0 Å². The highest BCUT2D eigenvalue weighted by Gasteiger charge is 2.34. The molecule has 4 nitrogen and oxygen atoms in total. The second-order valence-electron chi connectivity index (χ2n) is 6.07. The molecule has 124 valence electrons. The molecular formula is C15H21F3N2O2. The summed E-state index contributed by atoms with van der Waals surface area (Å²) in [6.07, 6.45) is -4.23. The molecule has 7 heteroatoms. The van der Waals surface area contributed by atoms with Gasteiger partial charge in [-0.2, -0.15) is 13.2 Å². The van der Waals surface area contributed by atoms with Gasteiger partial charge in [-0.05, 0) is 24.0 Å². The average molecular weight is 318 g/mol. The summed E-state index contributed by atoms with van der Waals surface area (Å²) in [5, 5.41) is 13.9. The first-order chi connectivity index (χ1) is 10.1. The number of para-hydroxylation sites is 1. The summed E-state index contributed by atoms with van der Waals surface area (Å²) in [7, 11) is 0. The number of nitrogens with one attached hydrogen (secondary N) is 2. The quantitative estimate of drug-likeness (QED) is 0.794. The minimum Gasteiger partial charge on any atom is -0.396 e. The van der Waals surface area contributed by atoms with Gasteiger partial charge < -0.3 is 15.7 Å². The molecule has 0 fully saturated rings. The van der Waals surface area contributed by atoms with Crippen LogP contribution in [0, 0.1) is 5.41 Å². The van der Waals surface area contributed by atoms with Gasteiger partial charge in [-0.25, -0.2) is 4.79 Å². The van der Waals surface area contributed by atoms with Crippen molar-refractivity contribution in [1.29, 1.82) is 0 Å². The highest BCUT2D eigenvalue weighted by Crippen LogP contribution is 2.34. The van der Waals surface area contributed by atoms with Gasteiger partial charge >= 0.3 is 12.2 Å². The van der Waals surface area contributed by atoms with Gasteiger partial charge in [0.15, 0.2) is 0 Å². The molecule has 0 saturated carbocycles. The second-order valence-corrected chi connectivity index (χ2v) is 6.07. The lowest BCUT2D eigenvalue weighted by molar-refractivity contribution is -0.136. The number of carbonyl (C=O) groups is 1. The number of hydrogen-bond donors (Lipinski definition) is 3. The Morgan fingerprint density at radius 1 is 1.23 bits per heavy atom. The molecule has 0 aliphatic heterocycles. The minimum atomic E-state index is -4.54. The van der Waals surface area contributed by atoms with Crippen LogP contribution in [0.3, 0.4) is 0 Å². The van der Waals surface area contributed by atoms with Gasteiger partial charge in [0.2, 0.25) is 0 Å². The fraction of sp³-hybridized carbons (Fsp3) is 0.533. The van der Waals surface area contributed by atoms with Crippen molar-refractivity contribution >= 4 is 11.7 Å². The molecule has 0 heterocycles. The van der Waals surface area contributed by atoms with Gasteiger partial charge in [0.05, 0.1) is 11.3 Å². The molecule has 0 spiro atoms. The number of benzene rings is 1. The third-order valence-corrected chi connectivity index (χ3v) is 3.25. The zero-order valence-corrected chi connectivity index (χ0v) is 12.8. The first kappa shape index (κ1) is 18.3. The molecule has 0 aliphatic carbocycles. The minimum absolute atomic E-state index is 0.124. The Hall–Kier alpha value is -1.76. The Morgan fingerprint density at radius 2 is 1.82 bits per heavy atom. The third-order valence-electron chi connectivity index (χ3n) is 3.25. The number of hydrogen-bond acceptors (Lipinski definition) is 2. The molecule has 0 aromatic heterocycles. The number of amides is 2. The maximum Gasteiger partial charge on any atom is 0.418 e. The number of aliphatic hydroxyl groups is 1. The standard InChI is InChI=1S/C15H21F3N2O2/c1-14(2,3)12(8-9-21)20-13(22)19-11-7-5-4-6-10(11)15(16,17)18/h4-7,12,21H,8-9H2,1-3H3,(H2,19,20,22)/t12-/m1/s1. The summed E-state index contributed by atoms with van der Waals surface area (Å²) < 4.78 is 38.6. The van der Waals surface area contributed by atoms with E-state index in [1.807, 2.05) is 20.8 Å². The number of rotatable bonds is 4. The predicted molar refractivity (Wildman–Crippen MR) is 78.5 cm³/mol. The van der Waals surface area contributed by atoms with E-state index in [1.165, 1.54) is 18.2 Å². The molecule has 0 radical (unpaired) electrons. The van der Waals surface area contributed by atoms with Crippen LogP contribution in [0.1, 0.15) is 32.8 Å². The van der Waals surface area contributed by atoms with E-state index in [2.05, 4.69) is 10.6 Å². The van der Waals surface area contributed by atoms with Crippen LogP contribution >= 0.6 is 0 Å². The van der Waals surface area contributed by atoms with Crippen molar-refractivity contribution in [3.8, 4) is 0 Å². The number of carbonyl (C=O) groups excluding carboxylic acids is 1. The average Bonchev–Trinajstić information content (AvgIpc) is 2.36. The van der Waals surface area contributed by atoms with E-state index < -0.39 is 17.8 Å². The van der Waals surface area contributed by atoms with Crippen LogP contribution in [0.4, 0.5) is 23.7 Å². The largest absolute Gasteiger partial charge is 0.418 e. The van der Waals surface area contributed by atoms with Gasteiger partial charge in [0, 0.05) is 12.6 Å². The Labute approximate surface area is 127 Å². The number of anilines is 1. The summed E-state index contributed by atoms with van der Waals surface area (Å²) in [5.74, 6) is 0. The zero-order chi connectivity index (χ0) is 17.0. The molecule has 22 heavy (non-hydrogen) atoms. The topological polar surface area (TPSA) is 61.4 Å². The van der Waals surface area contributed by atoms with E-state index >= 15 is 0 Å². The SMILES string of the molecule is CC(C)(C)[C@@H](CCO)NC(=O)Nc1ccccc1C(F)(F)F. The van der Waals surface area contributed by atoms with E-state index in [0.717, 1.165) is 6.07 Å². The van der Waals surface area contributed by atoms with Crippen molar-refractivity contribution in [1.82, 2.24) is 5.32 Å². The molecule has 0 saturated heterocycles. The van der Waals surface area contributed by atoms with Gasteiger partial charge in [0.1, 0.15) is 0 Å². The highest BCUT2D eigenvalue weighted by atomic mass is 19.4. The first-order valence-electron chi connectivity index (χ1n) is 6.90. The van der Waals surface area contributed by atoms with Gasteiger partial charge in [0.25, 0.3) is 0 Å². The number of halogens is 3. The van der Waals surface area contributed by atoms with E-state index in [0.29, 0.717) is 6.42 Å². The summed E-state index contributed by atoms with van der Waals surface area (Å²) in [5.41, 5.74) is -1.53. The van der Waals surface area contributed by atoms with Crippen molar-refractivity contribution in [2.75, 3.05) is 11.9 Å². The van der Waals surface area contributed by atoms with Crippen LogP contribution in [-0.4, -0.2) is 23.8 Å². The molecule has 0 unspecified atom stereocenters. The number of urea groups is 1. The summed E-state index contributed by atoms with van der Waals surface area (Å²) >= 11 is 0. The van der Waals surface area contributed by atoms with E-state index in [1.54, 1.807) is 0 Å². The van der Waals surface area contributed by atoms with Gasteiger partial charge in [-0.1, -0.05) is 32.9 Å². The van der Waals surface area contributed by atoms with E-state index in [-0.39, 0.29) is 23.8 Å². The maximum absolute atomic E-state index is 12.9. The molecular weight excluding hydrogens is 297 g/mol. The second kappa shape index (κ2) is 7.00. The van der Waals surface area contributed by atoms with Crippen LogP contribution in [0.25, 0.3) is 0 Å². The summed E-state index contributed by atoms with van der Waals surface area (Å²) in [6.45, 7) is 5.49. The van der Waals surface area contributed by atoms with E-state index in [4.69, 9.17) is 5.11 Å². The van der Waals surface area contributed by atoms with Crippen LogP contribution in [0.2, 0.25) is 0 Å². The molecule has 1 atom stereocenters. The zero-order valence-electron chi connectivity index (χ0n) is 12.8. The van der Waals surface area contributed by atoms with Crippen molar-refractivity contribution in [2.24, 2.45) is 5.41 Å². The number of aliphatic hydroxyl groups excluding tert-OH is 1. The number of alkyl halides is 3. The molecule has 0 aliphatic rings. The van der Waals surface area contributed by atoms with Crippen LogP contribution in [-0.2, 0) is 6.18 Å². The summed E-state index contributed by atoms with van der Waals surface area (Å²) in [4.78, 5) is 12.0. The maximum atomic E-state index is 12.9. The monoisotopic (exact) mass is 318 g/mol. The van der Waals surface area contributed by atoms with Gasteiger partial charge in [-0.15, -0.1) is 0 Å². The van der Waals surface area contributed by atoms with E-state index in [9.17, 15) is 18.0 Å². The normalized spacial score (nSPS) is 13.6.